The number of rotatable bonds is 2. The second kappa shape index (κ2) is 2.20. The minimum atomic E-state index is -4.72. The van der Waals surface area contributed by atoms with Crippen molar-refractivity contribution < 1.29 is 16.5 Å². The van der Waals surface area contributed by atoms with Gasteiger partial charge in [0.2, 0.25) is 0 Å². The Labute approximate surface area is 52.4 Å². The molecule has 0 unspecified atom stereocenters. The molecule has 4 nitrogen and oxygen atoms in total. The summed E-state index contributed by atoms with van der Waals surface area (Å²) in [7, 11) is -4.72. The van der Waals surface area contributed by atoms with Crippen molar-refractivity contribution in [2.24, 2.45) is 0 Å². The molecular weight excluding hydrogens is 149 g/mol. The molecule has 1 heterocycles. The second-order valence-corrected chi connectivity index (χ2v) is 2.75. The van der Waals surface area contributed by atoms with Crippen molar-refractivity contribution in [3.05, 3.63) is 0 Å². The molecule has 0 aromatic rings. The van der Waals surface area contributed by atoms with Crippen molar-refractivity contribution in [1.82, 2.24) is 5.32 Å². The van der Waals surface area contributed by atoms with Crippen LogP contribution in [0.15, 0.2) is 0 Å². The minimum Gasteiger partial charge on any atom is -0.311 e. The minimum absolute atomic E-state index is 0.406. The molecule has 0 radical (unpaired) electrons. The van der Waals surface area contributed by atoms with Gasteiger partial charge in [-0.3, -0.25) is 0 Å². The molecule has 1 fully saturated rings. The summed E-state index contributed by atoms with van der Waals surface area (Å²) in [5.74, 6) is 0. The third-order valence-corrected chi connectivity index (χ3v) is 1.50. The largest absolute Gasteiger partial charge is 0.437 e. The SMILES string of the molecule is O=S(=O)(F)OC1CNC1. The molecule has 0 amide bonds. The molecule has 0 saturated carbocycles. The fourth-order valence-corrected chi connectivity index (χ4v) is 0.954. The van der Waals surface area contributed by atoms with E-state index in [2.05, 4.69) is 9.50 Å². The van der Waals surface area contributed by atoms with Gasteiger partial charge >= 0.3 is 10.5 Å². The van der Waals surface area contributed by atoms with E-state index < -0.39 is 16.6 Å². The Kier molecular flexibility index (Phi) is 1.69. The van der Waals surface area contributed by atoms with Gasteiger partial charge in [-0.2, -0.15) is 8.42 Å². The van der Waals surface area contributed by atoms with Crippen LogP contribution in [0, 0.1) is 0 Å². The van der Waals surface area contributed by atoms with E-state index in [4.69, 9.17) is 0 Å². The first-order valence-electron chi connectivity index (χ1n) is 2.41. The molecule has 54 valence electrons. The first-order valence-corrected chi connectivity index (χ1v) is 3.72. The van der Waals surface area contributed by atoms with E-state index in [1.54, 1.807) is 0 Å². The molecule has 9 heavy (non-hydrogen) atoms. The van der Waals surface area contributed by atoms with Crippen LogP contribution >= 0.6 is 0 Å². The summed E-state index contributed by atoms with van der Waals surface area (Å²) < 4.78 is 34.9. The van der Waals surface area contributed by atoms with Gasteiger partial charge in [0.25, 0.3) is 0 Å². The first-order chi connectivity index (χ1) is 4.08. The Morgan fingerprint density at radius 1 is 1.56 bits per heavy atom. The zero-order chi connectivity index (χ0) is 6.91. The molecular formula is C3H6FNO3S. The van der Waals surface area contributed by atoms with Crippen LogP contribution in [0.1, 0.15) is 0 Å². The van der Waals surface area contributed by atoms with E-state index in [9.17, 15) is 12.3 Å². The summed E-state index contributed by atoms with van der Waals surface area (Å²) in [5, 5.41) is 2.73. The van der Waals surface area contributed by atoms with Gasteiger partial charge in [-0.1, -0.05) is 3.89 Å². The van der Waals surface area contributed by atoms with Crippen LogP contribution in [-0.4, -0.2) is 27.6 Å². The lowest BCUT2D eigenvalue weighted by molar-refractivity contribution is 0.139. The lowest BCUT2D eigenvalue weighted by Gasteiger charge is -2.24. The van der Waals surface area contributed by atoms with Crippen LogP contribution in [0.4, 0.5) is 3.89 Å². The smallest absolute Gasteiger partial charge is 0.311 e. The number of hydrogen-bond acceptors (Lipinski definition) is 4. The molecule has 0 aromatic carbocycles. The molecule has 0 bridgehead atoms. The van der Waals surface area contributed by atoms with Crippen molar-refractivity contribution in [2.75, 3.05) is 13.1 Å². The highest BCUT2D eigenvalue weighted by molar-refractivity contribution is 7.81. The van der Waals surface area contributed by atoms with Crippen molar-refractivity contribution >= 4 is 10.5 Å². The molecule has 1 saturated heterocycles. The van der Waals surface area contributed by atoms with Crippen LogP contribution in [0.25, 0.3) is 0 Å². The first kappa shape index (κ1) is 6.91. The number of nitrogens with one attached hydrogen (secondary N) is 1. The van der Waals surface area contributed by atoms with Gasteiger partial charge < -0.3 is 5.32 Å². The predicted octanol–water partition coefficient (Wildman–Crippen LogP) is -0.811. The van der Waals surface area contributed by atoms with Crippen LogP contribution < -0.4 is 5.32 Å². The average molecular weight is 155 g/mol. The molecule has 0 atom stereocenters. The van der Waals surface area contributed by atoms with E-state index in [0.29, 0.717) is 13.1 Å². The summed E-state index contributed by atoms with van der Waals surface area (Å²) in [5.41, 5.74) is 0. The fraction of sp³-hybridized carbons (Fsp3) is 1.00. The maximum atomic E-state index is 11.6. The summed E-state index contributed by atoms with van der Waals surface area (Å²) in [6, 6.07) is 0. The monoisotopic (exact) mass is 155 g/mol. The van der Waals surface area contributed by atoms with E-state index >= 15 is 0 Å². The fourth-order valence-electron chi connectivity index (χ4n) is 0.493. The van der Waals surface area contributed by atoms with Crippen molar-refractivity contribution in [3.63, 3.8) is 0 Å². The van der Waals surface area contributed by atoms with Crippen LogP contribution in [0.3, 0.4) is 0 Å². The molecule has 0 aromatic heterocycles. The van der Waals surface area contributed by atoms with Gasteiger partial charge in [0.15, 0.2) is 0 Å². The van der Waals surface area contributed by atoms with E-state index in [-0.39, 0.29) is 0 Å². The highest BCUT2D eigenvalue weighted by Crippen LogP contribution is 2.04. The number of halogens is 1. The second-order valence-electron chi connectivity index (χ2n) is 1.77. The van der Waals surface area contributed by atoms with E-state index in [1.165, 1.54) is 0 Å². The van der Waals surface area contributed by atoms with Crippen molar-refractivity contribution in [1.29, 1.82) is 0 Å². The predicted molar refractivity (Wildman–Crippen MR) is 27.8 cm³/mol. The molecule has 6 heteroatoms. The summed E-state index contributed by atoms with van der Waals surface area (Å²) in [4.78, 5) is 0. The van der Waals surface area contributed by atoms with Gasteiger partial charge in [0.05, 0.1) is 0 Å². The average Bonchev–Trinajstić information content (AvgIpc) is 1.53. The Morgan fingerprint density at radius 3 is 2.22 bits per heavy atom. The summed E-state index contributed by atoms with van der Waals surface area (Å²) in [6.45, 7) is 0.812. The van der Waals surface area contributed by atoms with E-state index in [1.807, 2.05) is 0 Å². The molecule has 1 aliphatic rings. The Hall–Kier alpha value is -0.200. The molecule has 0 spiro atoms. The van der Waals surface area contributed by atoms with Gasteiger partial charge in [-0.25, -0.2) is 4.18 Å². The quantitative estimate of drug-likeness (QED) is 0.530. The highest BCUT2D eigenvalue weighted by Gasteiger charge is 2.23. The standard InChI is InChI=1S/C3H6FNO3S/c4-9(6,7)8-3-1-5-2-3/h3,5H,1-2H2. The lowest BCUT2D eigenvalue weighted by Crippen LogP contribution is -2.48. The molecule has 1 rings (SSSR count). The number of hydrogen-bond donors (Lipinski definition) is 1. The molecule has 1 aliphatic heterocycles. The maximum absolute atomic E-state index is 11.6. The van der Waals surface area contributed by atoms with E-state index in [0.717, 1.165) is 0 Å². The molecule has 1 N–H and O–H groups in total. The zero-order valence-corrected chi connectivity index (χ0v) is 5.32. The van der Waals surface area contributed by atoms with Crippen LogP contribution in [0.2, 0.25) is 0 Å². The Balaban J connectivity index is 2.33. The van der Waals surface area contributed by atoms with Crippen molar-refractivity contribution in [2.45, 2.75) is 6.10 Å². The van der Waals surface area contributed by atoms with Crippen LogP contribution in [-0.2, 0) is 14.7 Å². The zero-order valence-electron chi connectivity index (χ0n) is 4.50. The Morgan fingerprint density at radius 2 is 2.11 bits per heavy atom. The Bertz CT molecular complexity index is 185. The van der Waals surface area contributed by atoms with Gasteiger partial charge in [0.1, 0.15) is 6.10 Å². The molecule has 0 aliphatic carbocycles. The third-order valence-electron chi connectivity index (χ3n) is 0.995. The highest BCUT2D eigenvalue weighted by atomic mass is 32.3. The normalized spacial score (nSPS) is 21.4. The van der Waals surface area contributed by atoms with Gasteiger partial charge in [0, 0.05) is 13.1 Å². The van der Waals surface area contributed by atoms with Gasteiger partial charge in [-0.15, -0.1) is 0 Å². The van der Waals surface area contributed by atoms with Crippen LogP contribution in [0.5, 0.6) is 0 Å². The summed E-state index contributed by atoms with van der Waals surface area (Å²) in [6.07, 6.45) is -0.500. The summed E-state index contributed by atoms with van der Waals surface area (Å²) >= 11 is 0. The van der Waals surface area contributed by atoms with Gasteiger partial charge in [-0.05, 0) is 0 Å². The lowest BCUT2D eigenvalue weighted by atomic mass is 10.2. The maximum Gasteiger partial charge on any atom is 0.437 e. The van der Waals surface area contributed by atoms with Crippen molar-refractivity contribution in [3.8, 4) is 0 Å². The topological polar surface area (TPSA) is 55.4 Å². The third kappa shape index (κ3) is 2.25.